The van der Waals surface area contributed by atoms with E-state index in [1.165, 1.54) is 5.56 Å². The number of ether oxygens (including phenoxy) is 1. The van der Waals surface area contributed by atoms with Crippen LogP contribution in [0.15, 0.2) is 78.4 Å². The van der Waals surface area contributed by atoms with Crippen molar-refractivity contribution in [2.45, 2.75) is 59.8 Å². The average molecular weight is 494 g/mol. The van der Waals surface area contributed by atoms with Gasteiger partial charge in [0.25, 0.3) is 5.91 Å². The van der Waals surface area contributed by atoms with Crippen LogP contribution in [0.2, 0.25) is 0 Å². The van der Waals surface area contributed by atoms with Crippen LogP contribution < -0.4 is 9.64 Å². The SMILES string of the molecule is CCCCN(C(=O)/C=C(\C)CC(C#Cc1ccccc1)c1ccc(OC)cc1)c1c(C)cc(C)cc1C. The Morgan fingerprint density at radius 2 is 1.65 bits per heavy atom. The largest absolute Gasteiger partial charge is 0.497 e. The zero-order valence-corrected chi connectivity index (χ0v) is 23.1. The van der Waals surface area contributed by atoms with Crippen LogP contribution in [0, 0.1) is 32.6 Å². The Balaban J connectivity index is 1.91. The minimum absolute atomic E-state index is 0.0329. The Morgan fingerprint density at radius 3 is 2.24 bits per heavy atom. The molecule has 3 aromatic carbocycles. The van der Waals surface area contributed by atoms with Gasteiger partial charge in [-0.05, 0) is 81.5 Å². The Kier molecular flexibility index (Phi) is 10.2. The van der Waals surface area contributed by atoms with Crippen molar-refractivity contribution in [3.8, 4) is 17.6 Å². The maximum Gasteiger partial charge on any atom is 0.250 e. The third kappa shape index (κ3) is 7.86. The molecule has 3 heteroatoms. The van der Waals surface area contributed by atoms with Crippen molar-refractivity contribution in [1.29, 1.82) is 0 Å². The lowest BCUT2D eigenvalue weighted by Gasteiger charge is -2.26. The fourth-order valence-electron chi connectivity index (χ4n) is 4.70. The average Bonchev–Trinajstić information content (AvgIpc) is 2.88. The fraction of sp³-hybridized carbons (Fsp3) is 0.324. The summed E-state index contributed by atoms with van der Waals surface area (Å²) < 4.78 is 5.34. The third-order valence-electron chi connectivity index (χ3n) is 6.49. The molecule has 1 atom stereocenters. The molecule has 0 heterocycles. The Labute approximate surface area is 223 Å². The Morgan fingerprint density at radius 1 is 1.00 bits per heavy atom. The number of aryl methyl sites for hydroxylation is 3. The van der Waals surface area contributed by atoms with E-state index in [1.807, 2.05) is 54.3 Å². The smallest absolute Gasteiger partial charge is 0.250 e. The summed E-state index contributed by atoms with van der Waals surface area (Å²) in [6.07, 6.45) is 4.47. The minimum atomic E-state index is -0.0397. The molecule has 0 aliphatic rings. The highest BCUT2D eigenvalue weighted by Crippen LogP contribution is 2.29. The van der Waals surface area contributed by atoms with E-state index in [0.29, 0.717) is 13.0 Å². The van der Waals surface area contributed by atoms with Gasteiger partial charge in [0.05, 0.1) is 7.11 Å². The molecule has 0 N–H and O–H groups in total. The number of hydrogen-bond acceptors (Lipinski definition) is 2. The number of carbonyl (C=O) groups is 1. The molecule has 0 fully saturated rings. The van der Waals surface area contributed by atoms with Gasteiger partial charge in [-0.15, -0.1) is 0 Å². The van der Waals surface area contributed by atoms with Gasteiger partial charge < -0.3 is 9.64 Å². The second-order valence-corrected chi connectivity index (χ2v) is 9.75. The molecule has 0 saturated heterocycles. The topological polar surface area (TPSA) is 29.5 Å². The summed E-state index contributed by atoms with van der Waals surface area (Å²) in [5, 5.41) is 0. The second-order valence-electron chi connectivity index (χ2n) is 9.75. The van der Waals surface area contributed by atoms with E-state index in [2.05, 4.69) is 63.8 Å². The molecule has 0 aromatic heterocycles. The zero-order chi connectivity index (χ0) is 26.8. The van der Waals surface area contributed by atoms with Crippen molar-refractivity contribution < 1.29 is 9.53 Å². The van der Waals surface area contributed by atoms with Crippen molar-refractivity contribution in [2.75, 3.05) is 18.6 Å². The van der Waals surface area contributed by atoms with Gasteiger partial charge >= 0.3 is 0 Å². The Bertz CT molecular complexity index is 1250. The van der Waals surface area contributed by atoms with Crippen LogP contribution in [0.3, 0.4) is 0 Å². The van der Waals surface area contributed by atoms with E-state index in [4.69, 9.17) is 4.74 Å². The van der Waals surface area contributed by atoms with Crippen molar-refractivity contribution in [3.63, 3.8) is 0 Å². The molecule has 0 aliphatic carbocycles. The molecule has 0 saturated carbocycles. The first-order valence-electron chi connectivity index (χ1n) is 13.1. The molecule has 0 radical (unpaired) electrons. The summed E-state index contributed by atoms with van der Waals surface area (Å²) in [5.41, 5.74) is 7.62. The highest BCUT2D eigenvalue weighted by atomic mass is 16.5. The van der Waals surface area contributed by atoms with E-state index >= 15 is 0 Å². The third-order valence-corrected chi connectivity index (χ3v) is 6.49. The van der Waals surface area contributed by atoms with E-state index < -0.39 is 0 Å². The molecule has 0 bridgehead atoms. The van der Waals surface area contributed by atoms with E-state index in [-0.39, 0.29) is 11.8 Å². The molecule has 3 nitrogen and oxygen atoms in total. The van der Waals surface area contributed by atoms with Gasteiger partial charge in [0.1, 0.15) is 5.75 Å². The Hall–Kier alpha value is -3.77. The highest BCUT2D eigenvalue weighted by molar-refractivity contribution is 6.02. The highest BCUT2D eigenvalue weighted by Gasteiger charge is 2.19. The number of nitrogens with zero attached hydrogens (tertiary/aromatic N) is 1. The molecule has 3 rings (SSSR count). The fourth-order valence-corrected chi connectivity index (χ4v) is 4.70. The van der Waals surface area contributed by atoms with Crippen LogP contribution in [-0.4, -0.2) is 19.6 Å². The normalized spacial score (nSPS) is 11.9. The number of anilines is 1. The van der Waals surface area contributed by atoms with Crippen molar-refractivity contribution >= 4 is 11.6 Å². The standard InChI is InChI=1S/C34H39NO2/c1-7-8-20-35(34-27(4)21-25(2)22-28(34)5)33(36)24-26(3)23-31(15-14-29-12-10-9-11-13-29)30-16-18-32(37-6)19-17-30/h9-13,16-19,21-22,24,31H,7-8,20,23H2,1-6H3/b26-24+. The quantitative estimate of drug-likeness (QED) is 0.224. The lowest BCUT2D eigenvalue weighted by Crippen LogP contribution is -2.32. The molecular formula is C34H39NO2. The summed E-state index contributed by atoms with van der Waals surface area (Å²) in [6.45, 7) is 11.2. The monoisotopic (exact) mass is 493 g/mol. The number of allylic oxidation sites excluding steroid dienone is 1. The van der Waals surface area contributed by atoms with E-state index in [9.17, 15) is 4.79 Å². The van der Waals surface area contributed by atoms with Gasteiger partial charge in [-0.1, -0.05) is 78.8 Å². The van der Waals surface area contributed by atoms with Crippen molar-refractivity contribution in [1.82, 2.24) is 0 Å². The van der Waals surface area contributed by atoms with Gasteiger partial charge in [0.2, 0.25) is 0 Å². The molecule has 0 spiro atoms. The molecule has 0 aliphatic heterocycles. The summed E-state index contributed by atoms with van der Waals surface area (Å²) in [7, 11) is 1.67. The van der Waals surface area contributed by atoms with Crippen LogP contribution in [0.4, 0.5) is 5.69 Å². The van der Waals surface area contributed by atoms with Gasteiger partial charge in [-0.2, -0.15) is 0 Å². The number of methoxy groups -OCH3 is 1. The number of amides is 1. The maximum absolute atomic E-state index is 13.6. The lowest BCUT2D eigenvalue weighted by atomic mass is 9.92. The number of unbranched alkanes of at least 4 members (excludes halogenated alkanes) is 1. The molecule has 192 valence electrons. The van der Waals surface area contributed by atoms with Gasteiger partial charge in [-0.25, -0.2) is 0 Å². The summed E-state index contributed by atoms with van der Waals surface area (Å²) in [5.74, 6) is 7.59. The van der Waals surface area contributed by atoms with Gasteiger partial charge in [0, 0.05) is 29.8 Å². The number of hydrogen-bond donors (Lipinski definition) is 0. The maximum atomic E-state index is 13.6. The first-order chi connectivity index (χ1) is 17.8. The molecule has 37 heavy (non-hydrogen) atoms. The predicted octanol–water partition coefficient (Wildman–Crippen LogP) is 7.93. The van der Waals surface area contributed by atoms with Crippen LogP contribution in [-0.2, 0) is 4.79 Å². The predicted molar refractivity (Wildman–Crippen MR) is 155 cm³/mol. The van der Waals surface area contributed by atoms with Crippen LogP contribution in [0.1, 0.15) is 66.8 Å². The first kappa shape index (κ1) is 27.8. The van der Waals surface area contributed by atoms with Gasteiger partial charge in [0.15, 0.2) is 0 Å². The van der Waals surface area contributed by atoms with Gasteiger partial charge in [-0.3, -0.25) is 4.79 Å². The van der Waals surface area contributed by atoms with Crippen LogP contribution in [0.25, 0.3) is 0 Å². The van der Waals surface area contributed by atoms with Crippen LogP contribution >= 0.6 is 0 Å². The summed E-state index contributed by atoms with van der Waals surface area (Å²) >= 11 is 0. The van der Waals surface area contributed by atoms with E-state index in [0.717, 1.165) is 52.1 Å². The molecule has 1 amide bonds. The lowest BCUT2D eigenvalue weighted by molar-refractivity contribution is -0.114. The molecular weight excluding hydrogens is 454 g/mol. The van der Waals surface area contributed by atoms with Crippen LogP contribution in [0.5, 0.6) is 5.75 Å². The number of benzene rings is 3. The molecule has 1 unspecified atom stereocenters. The van der Waals surface area contributed by atoms with E-state index in [1.54, 1.807) is 13.2 Å². The van der Waals surface area contributed by atoms with Crippen molar-refractivity contribution in [3.05, 3.63) is 106 Å². The summed E-state index contributed by atoms with van der Waals surface area (Å²) in [4.78, 5) is 15.6. The second kappa shape index (κ2) is 13.5. The summed E-state index contributed by atoms with van der Waals surface area (Å²) in [6, 6.07) is 22.4. The first-order valence-corrected chi connectivity index (χ1v) is 13.1. The minimum Gasteiger partial charge on any atom is -0.497 e. The molecule has 3 aromatic rings. The zero-order valence-electron chi connectivity index (χ0n) is 23.1. The number of rotatable bonds is 9. The number of carbonyl (C=O) groups excluding carboxylic acids is 1. The van der Waals surface area contributed by atoms with Crippen molar-refractivity contribution in [2.24, 2.45) is 0 Å².